The van der Waals surface area contributed by atoms with E-state index in [4.69, 9.17) is 16.3 Å². The molecular weight excluding hydrogens is 343 g/mol. The Hall–Kier alpha value is -0.730. The van der Waals surface area contributed by atoms with Gasteiger partial charge in [0.1, 0.15) is 5.82 Å². The van der Waals surface area contributed by atoms with Gasteiger partial charge >= 0.3 is 0 Å². The quantitative estimate of drug-likeness (QED) is 0.784. The van der Waals surface area contributed by atoms with Crippen LogP contribution in [0, 0.1) is 5.82 Å². The average Bonchev–Trinajstić information content (AvgIpc) is 2.45. The van der Waals surface area contributed by atoms with Crippen LogP contribution in [-0.4, -0.2) is 50.3 Å². The number of benzene rings is 1. The maximum Gasteiger partial charge on any atom is 0.215 e. The molecule has 0 spiro atoms. The Balaban J connectivity index is 1.85. The first-order valence-electron chi connectivity index (χ1n) is 7.56. The molecule has 2 rings (SSSR count). The summed E-state index contributed by atoms with van der Waals surface area (Å²) in [6.45, 7) is 4.87. The van der Waals surface area contributed by atoms with Crippen LogP contribution in [0.4, 0.5) is 4.39 Å². The van der Waals surface area contributed by atoms with Crippen molar-refractivity contribution in [2.24, 2.45) is 0 Å². The van der Waals surface area contributed by atoms with E-state index < -0.39 is 15.8 Å². The van der Waals surface area contributed by atoms with E-state index in [1.807, 2.05) is 13.8 Å². The van der Waals surface area contributed by atoms with Gasteiger partial charge in [0.25, 0.3) is 0 Å². The summed E-state index contributed by atoms with van der Waals surface area (Å²) in [5, 5.41) is 3.27. The molecule has 1 N–H and O–H groups in total. The number of sulfonamides is 1. The standard InChI is InChI=1S/C15H22ClFN2O3S/c1-11-9-19(10-12(2)22-11)23(20,21)7-6-18-8-13-14(16)4-3-5-15(13)17/h3-5,11-12,18H,6-10H2,1-2H3. The summed E-state index contributed by atoms with van der Waals surface area (Å²) < 4.78 is 45.3. The summed E-state index contributed by atoms with van der Waals surface area (Å²) in [7, 11) is -3.36. The highest BCUT2D eigenvalue weighted by molar-refractivity contribution is 7.89. The fourth-order valence-electron chi connectivity index (χ4n) is 2.60. The van der Waals surface area contributed by atoms with E-state index in [9.17, 15) is 12.8 Å². The number of rotatable bonds is 6. The number of hydrogen-bond acceptors (Lipinski definition) is 4. The molecule has 1 heterocycles. The lowest BCUT2D eigenvalue weighted by molar-refractivity contribution is -0.0440. The normalized spacial score (nSPS) is 23.1. The maximum absolute atomic E-state index is 13.6. The van der Waals surface area contributed by atoms with Crippen molar-refractivity contribution in [3.05, 3.63) is 34.6 Å². The molecule has 2 unspecified atom stereocenters. The number of nitrogens with zero attached hydrogens (tertiary/aromatic N) is 1. The zero-order chi connectivity index (χ0) is 17.0. The zero-order valence-corrected chi connectivity index (χ0v) is 14.8. The third kappa shape index (κ3) is 5.12. The molecule has 8 heteroatoms. The summed E-state index contributed by atoms with van der Waals surface area (Å²) in [6, 6.07) is 4.47. The number of ether oxygens (including phenoxy) is 1. The second-order valence-corrected chi connectivity index (χ2v) is 8.26. The summed E-state index contributed by atoms with van der Waals surface area (Å²) in [4.78, 5) is 0. The van der Waals surface area contributed by atoms with E-state index in [0.717, 1.165) is 0 Å². The Morgan fingerprint density at radius 3 is 2.61 bits per heavy atom. The molecule has 2 atom stereocenters. The zero-order valence-electron chi connectivity index (χ0n) is 13.3. The average molecular weight is 365 g/mol. The molecule has 0 saturated carbocycles. The molecule has 0 amide bonds. The van der Waals surface area contributed by atoms with Crippen LogP contribution in [-0.2, 0) is 21.3 Å². The van der Waals surface area contributed by atoms with Crippen molar-refractivity contribution < 1.29 is 17.5 Å². The topological polar surface area (TPSA) is 58.6 Å². The van der Waals surface area contributed by atoms with E-state index in [-0.39, 0.29) is 31.1 Å². The summed E-state index contributed by atoms with van der Waals surface area (Å²) in [6.07, 6.45) is -0.225. The van der Waals surface area contributed by atoms with Gasteiger partial charge in [-0.05, 0) is 26.0 Å². The maximum atomic E-state index is 13.6. The molecular formula is C15H22ClFN2O3S. The minimum Gasteiger partial charge on any atom is -0.373 e. The van der Waals surface area contributed by atoms with Gasteiger partial charge in [-0.2, -0.15) is 4.31 Å². The van der Waals surface area contributed by atoms with Crippen LogP contribution in [0.3, 0.4) is 0 Å². The van der Waals surface area contributed by atoms with Crippen LogP contribution >= 0.6 is 11.6 Å². The molecule has 0 aliphatic carbocycles. The van der Waals surface area contributed by atoms with Gasteiger partial charge in [0.05, 0.1) is 18.0 Å². The third-order valence-corrected chi connectivity index (χ3v) is 5.84. The molecule has 5 nitrogen and oxygen atoms in total. The Kier molecular flexibility index (Phi) is 6.39. The van der Waals surface area contributed by atoms with Crippen LogP contribution in [0.15, 0.2) is 18.2 Å². The number of hydrogen-bond donors (Lipinski definition) is 1. The monoisotopic (exact) mass is 364 g/mol. The summed E-state index contributed by atoms with van der Waals surface area (Å²) in [5.74, 6) is -0.443. The van der Waals surface area contributed by atoms with Crippen molar-refractivity contribution in [1.29, 1.82) is 0 Å². The van der Waals surface area contributed by atoms with E-state index in [1.165, 1.54) is 16.4 Å². The van der Waals surface area contributed by atoms with Crippen LogP contribution in [0.1, 0.15) is 19.4 Å². The van der Waals surface area contributed by atoms with Crippen molar-refractivity contribution in [3.63, 3.8) is 0 Å². The highest BCUT2D eigenvalue weighted by Crippen LogP contribution is 2.18. The molecule has 1 fully saturated rings. The Labute approximate surface area is 141 Å². The van der Waals surface area contributed by atoms with E-state index >= 15 is 0 Å². The molecule has 1 aliphatic heterocycles. The predicted molar refractivity (Wildman–Crippen MR) is 88.5 cm³/mol. The van der Waals surface area contributed by atoms with Gasteiger partial charge in [-0.15, -0.1) is 0 Å². The van der Waals surface area contributed by atoms with Crippen molar-refractivity contribution in [2.45, 2.75) is 32.6 Å². The molecule has 0 bridgehead atoms. The first-order chi connectivity index (χ1) is 10.8. The SMILES string of the molecule is CC1CN(S(=O)(=O)CCNCc2c(F)cccc2Cl)CC(C)O1. The van der Waals surface area contributed by atoms with Crippen molar-refractivity contribution in [2.75, 3.05) is 25.4 Å². The Bertz CT molecular complexity index is 611. The fraction of sp³-hybridized carbons (Fsp3) is 0.600. The third-order valence-electron chi connectivity index (χ3n) is 3.68. The number of nitrogens with one attached hydrogen (secondary N) is 1. The predicted octanol–water partition coefficient (Wildman–Crippen LogP) is 2.01. The summed E-state index contributed by atoms with van der Waals surface area (Å²) >= 11 is 5.93. The molecule has 1 aromatic carbocycles. The first-order valence-corrected chi connectivity index (χ1v) is 9.55. The lowest BCUT2D eigenvalue weighted by Crippen LogP contribution is -2.49. The van der Waals surface area contributed by atoms with E-state index in [1.54, 1.807) is 6.07 Å². The largest absolute Gasteiger partial charge is 0.373 e. The van der Waals surface area contributed by atoms with Gasteiger partial charge in [-0.3, -0.25) is 0 Å². The lowest BCUT2D eigenvalue weighted by atomic mass is 10.2. The van der Waals surface area contributed by atoms with E-state index in [0.29, 0.717) is 23.7 Å². The van der Waals surface area contributed by atoms with Crippen LogP contribution in [0.25, 0.3) is 0 Å². The van der Waals surface area contributed by atoms with Crippen molar-refractivity contribution in [3.8, 4) is 0 Å². The molecule has 0 aromatic heterocycles. The fourth-order valence-corrected chi connectivity index (χ4v) is 4.37. The Morgan fingerprint density at radius 2 is 2.00 bits per heavy atom. The smallest absolute Gasteiger partial charge is 0.215 e. The highest BCUT2D eigenvalue weighted by atomic mass is 35.5. The molecule has 23 heavy (non-hydrogen) atoms. The number of morpholine rings is 1. The molecule has 1 aliphatic rings. The van der Waals surface area contributed by atoms with Gasteiger partial charge in [0.2, 0.25) is 10.0 Å². The van der Waals surface area contributed by atoms with Crippen LogP contribution < -0.4 is 5.32 Å². The van der Waals surface area contributed by atoms with Gasteiger partial charge in [-0.25, -0.2) is 12.8 Å². The van der Waals surface area contributed by atoms with Gasteiger partial charge in [-0.1, -0.05) is 17.7 Å². The molecule has 130 valence electrons. The van der Waals surface area contributed by atoms with Crippen LogP contribution in [0.2, 0.25) is 5.02 Å². The van der Waals surface area contributed by atoms with Gasteiger partial charge < -0.3 is 10.1 Å². The van der Waals surface area contributed by atoms with Gasteiger partial charge in [0, 0.05) is 36.8 Å². The number of halogens is 2. The van der Waals surface area contributed by atoms with Crippen LogP contribution in [0.5, 0.6) is 0 Å². The van der Waals surface area contributed by atoms with E-state index in [2.05, 4.69) is 5.32 Å². The molecule has 0 radical (unpaired) electrons. The minimum atomic E-state index is -3.36. The highest BCUT2D eigenvalue weighted by Gasteiger charge is 2.30. The minimum absolute atomic E-state index is 0.0431. The second kappa shape index (κ2) is 7.90. The van der Waals surface area contributed by atoms with Gasteiger partial charge in [0.15, 0.2) is 0 Å². The van der Waals surface area contributed by atoms with Crippen molar-refractivity contribution >= 4 is 21.6 Å². The van der Waals surface area contributed by atoms with Crippen molar-refractivity contribution in [1.82, 2.24) is 9.62 Å². The molecule has 1 saturated heterocycles. The Morgan fingerprint density at radius 1 is 1.35 bits per heavy atom. The molecule has 1 aromatic rings. The first kappa shape index (κ1) is 18.6. The second-order valence-electron chi connectivity index (χ2n) is 5.77. The lowest BCUT2D eigenvalue weighted by Gasteiger charge is -2.34. The summed E-state index contributed by atoms with van der Waals surface area (Å²) in [5.41, 5.74) is 0.347.